The van der Waals surface area contributed by atoms with E-state index in [0.29, 0.717) is 17.2 Å². The number of hydrogen-bond donors (Lipinski definition) is 0. The third-order valence-electron chi connectivity index (χ3n) is 3.01. The molecule has 3 rings (SSSR count). The van der Waals surface area contributed by atoms with Crippen molar-refractivity contribution in [2.24, 2.45) is 0 Å². The van der Waals surface area contributed by atoms with E-state index in [2.05, 4.69) is 20.9 Å². The number of pyridine rings is 1. The molecule has 6 heteroatoms. The van der Waals surface area contributed by atoms with Gasteiger partial charge >= 0.3 is 5.97 Å². The van der Waals surface area contributed by atoms with Crippen molar-refractivity contribution in [3.63, 3.8) is 0 Å². The van der Waals surface area contributed by atoms with Gasteiger partial charge in [-0.05, 0) is 30.3 Å². The molecule has 0 aliphatic carbocycles. The van der Waals surface area contributed by atoms with Crippen molar-refractivity contribution < 1.29 is 18.7 Å². The average molecular weight is 362 g/mol. The van der Waals surface area contributed by atoms with E-state index in [1.165, 1.54) is 6.92 Å². The van der Waals surface area contributed by atoms with Gasteiger partial charge in [-0.15, -0.1) is 0 Å². The molecule has 112 valence electrons. The van der Waals surface area contributed by atoms with Gasteiger partial charge in [0.2, 0.25) is 5.88 Å². The summed E-state index contributed by atoms with van der Waals surface area (Å²) in [5.41, 5.74) is 1.52. The molecule has 0 amide bonds. The highest BCUT2D eigenvalue weighted by molar-refractivity contribution is 9.10. The summed E-state index contributed by atoms with van der Waals surface area (Å²) in [7, 11) is 0. The quantitative estimate of drug-likeness (QED) is 0.642. The van der Waals surface area contributed by atoms with Crippen molar-refractivity contribution in [1.82, 2.24) is 4.98 Å². The molecule has 0 bridgehead atoms. The van der Waals surface area contributed by atoms with Gasteiger partial charge in [-0.3, -0.25) is 4.79 Å². The number of esters is 1. The van der Waals surface area contributed by atoms with Gasteiger partial charge in [-0.25, -0.2) is 4.98 Å². The average Bonchev–Trinajstić information content (AvgIpc) is 2.97. The molecule has 2 heterocycles. The van der Waals surface area contributed by atoms with Gasteiger partial charge in [0.25, 0.3) is 0 Å². The normalized spacial score (nSPS) is 10.6. The number of carbonyl (C=O) groups excluding carboxylic acids is 1. The first-order valence-electron chi connectivity index (χ1n) is 6.55. The highest BCUT2D eigenvalue weighted by atomic mass is 79.9. The number of aromatic nitrogens is 1. The lowest BCUT2D eigenvalue weighted by atomic mass is 10.2. The predicted molar refractivity (Wildman–Crippen MR) is 83.7 cm³/mol. The molecule has 0 N–H and O–H groups in total. The van der Waals surface area contributed by atoms with Crippen LogP contribution in [0.1, 0.15) is 12.5 Å². The SMILES string of the molecule is CC(=O)OCc1cc(Oc2nccc3occc23)ccc1Br. The Kier molecular flexibility index (Phi) is 4.11. The molecule has 0 atom stereocenters. The number of carbonyl (C=O) groups is 1. The molecule has 0 aliphatic rings. The lowest BCUT2D eigenvalue weighted by molar-refractivity contribution is -0.142. The third-order valence-corrected chi connectivity index (χ3v) is 3.78. The fourth-order valence-corrected chi connectivity index (χ4v) is 2.33. The number of rotatable bonds is 4. The van der Waals surface area contributed by atoms with E-state index in [1.54, 1.807) is 30.7 Å². The largest absolute Gasteiger partial charge is 0.464 e. The molecule has 0 fully saturated rings. The minimum atomic E-state index is -0.331. The van der Waals surface area contributed by atoms with E-state index in [-0.39, 0.29) is 12.6 Å². The predicted octanol–water partition coefficient (Wildman–Crippen LogP) is 4.45. The van der Waals surface area contributed by atoms with Gasteiger partial charge in [0.1, 0.15) is 17.9 Å². The van der Waals surface area contributed by atoms with Crippen molar-refractivity contribution in [2.45, 2.75) is 13.5 Å². The van der Waals surface area contributed by atoms with Crippen LogP contribution in [0.3, 0.4) is 0 Å². The zero-order chi connectivity index (χ0) is 15.5. The molecular weight excluding hydrogens is 350 g/mol. The lowest BCUT2D eigenvalue weighted by Gasteiger charge is -2.09. The first kappa shape index (κ1) is 14.6. The summed E-state index contributed by atoms with van der Waals surface area (Å²) < 4.78 is 17.0. The summed E-state index contributed by atoms with van der Waals surface area (Å²) in [5.74, 6) is 0.738. The minimum absolute atomic E-state index is 0.177. The van der Waals surface area contributed by atoms with Crippen LogP contribution in [0.4, 0.5) is 0 Å². The number of hydrogen-bond acceptors (Lipinski definition) is 5. The van der Waals surface area contributed by atoms with Gasteiger partial charge in [0.05, 0.1) is 11.6 Å². The third kappa shape index (κ3) is 3.12. The van der Waals surface area contributed by atoms with Gasteiger partial charge in [0, 0.05) is 23.2 Å². The van der Waals surface area contributed by atoms with Crippen LogP contribution in [-0.4, -0.2) is 11.0 Å². The van der Waals surface area contributed by atoms with Crippen LogP contribution in [0.2, 0.25) is 0 Å². The van der Waals surface area contributed by atoms with Crippen LogP contribution in [-0.2, 0) is 16.1 Å². The van der Waals surface area contributed by atoms with E-state index < -0.39 is 0 Å². The molecule has 0 saturated heterocycles. The van der Waals surface area contributed by atoms with Gasteiger partial charge < -0.3 is 13.9 Å². The summed E-state index contributed by atoms with van der Waals surface area (Å²) in [6.07, 6.45) is 3.21. The van der Waals surface area contributed by atoms with Crippen molar-refractivity contribution in [1.29, 1.82) is 0 Å². The maximum atomic E-state index is 10.9. The maximum Gasteiger partial charge on any atom is 0.302 e. The first-order chi connectivity index (χ1) is 10.6. The molecule has 0 spiro atoms. The summed E-state index contributed by atoms with van der Waals surface area (Å²) >= 11 is 3.42. The van der Waals surface area contributed by atoms with Crippen LogP contribution in [0.25, 0.3) is 11.0 Å². The topological polar surface area (TPSA) is 61.6 Å². The van der Waals surface area contributed by atoms with E-state index in [1.807, 2.05) is 12.1 Å². The Balaban J connectivity index is 1.87. The summed E-state index contributed by atoms with van der Waals surface area (Å²) in [4.78, 5) is 15.2. The van der Waals surface area contributed by atoms with Gasteiger partial charge in [-0.1, -0.05) is 15.9 Å². The molecule has 0 saturated carbocycles. The van der Waals surface area contributed by atoms with Crippen molar-refractivity contribution in [3.8, 4) is 11.6 Å². The number of furan rings is 1. The van der Waals surface area contributed by atoms with Crippen molar-refractivity contribution in [2.75, 3.05) is 0 Å². The molecule has 0 aliphatic heterocycles. The Labute approximate surface area is 135 Å². The number of benzene rings is 1. The summed E-state index contributed by atoms with van der Waals surface area (Å²) in [5, 5.41) is 0.798. The minimum Gasteiger partial charge on any atom is -0.464 e. The molecular formula is C16H12BrNO4. The van der Waals surface area contributed by atoms with Crippen LogP contribution < -0.4 is 4.74 Å². The lowest BCUT2D eigenvalue weighted by Crippen LogP contribution is -2.00. The number of nitrogens with zero attached hydrogens (tertiary/aromatic N) is 1. The second kappa shape index (κ2) is 6.19. The van der Waals surface area contributed by atoms with E-state index in [4.69, 9.17) is 13.9 Å². The van der Waals surface area contributed by atoms with Crippen LogP contribution in [0.15, 0.2) is 51.7 Å². The van der Waals surface area contributed by atoms with Crippen molar-refractivity contribution in [3.05, 3.63) is 52.8 Å². The fourth-order valence-electron chi connectivity index (χ4n) is 1.97. The summed E-state index contributed by atoms with van der Waals surface area (Å²) in [6.45, 7) is 1.55. The maximum absolute atomic E-state index is 10.9. The molecule has 1 aromatic carbocycles. The van der Waals surface area contributed by atoms with Crippen LogP contribution in [0, 0.1) is 0 Å². The Hall–Kier alpha value is -2.34. The Morgan fingerprint density at radius 3 is 3.00 bits per heavy atom. The summed E-state index contributed by atoms with van der Waals surface area (Å²) in [6, 6.07) is 9.02. The molecule has 22 heavy (non-hydrogen) atoms. The van der Waals surface area contributed by atoms with E-state index >= 15 is 0 Å². The highest BCUT2D eigenvalue weighted by Gasteiger charge is 2.09. The van der Waals surface area contributed by atoms with Gasteiger partial charge in [0.15, 0.2) is 0 Å². The van der Waals surface area contributed by atoms with Gasteiger partial charge in [-0.2, -0.15) is 0 Å². The second-order valence-corrected chi connectivity index (χ2v) is 5.44. The number of ether oxygens (including phenoxy) is 2. The molecule has 0 radical (unpaired) electrons. The smallest absolute Gasteiger partial charge is 0.302 e. The van der Waals surface area contributed by atoms with Crippen molar-refractivity contribution >= 4 is 32.9 Å². The Morgan fingerprint density at radius 1 is 1.32 bits per heavy atom. The molecule has 0 unspecified atom stereocenters. The highest BCUT2D eigenvalue weighted by Crippen LogP contribution is 2.30. The zero-order valence-electron chi connectivity index (χ0n) is 11.7. The standard InChI is InChI=1S/C16H12BrNO4/c1-10(19)21-9-11-8-12(2-3-14(11)17)22-16-13-5-7-20-15(13)4-6-18-16/h2-8H,9H2,1H3. The van der Waals surface area contributed by atoms with E-state index in [0.717, 1.165) is 15.4 Å². The fraction of sp³-hybridized carbons (Fsp3) is 0.125. The second-order valence-electron chi connectivity index (χ2n) is 4.58. The Morgan fingerprint density at radius 2 is 2.18 bits per heavy atom. The molecule has 2 aromatic heterocycles. The van der Waals surface area contributed by atoms with Crippen LogP contribution >= 0.6 is 15.9 Å². The number of halogens is 1. The zero-order valence-corrected chi connectivity index (χ0v) is 13.3. The monoisotopic (exact) mass is 361 g/mol. The number of fused-ring (bicyclic) bond motifs is 1. The molecule has 5 nitrogen and oxygen atoms in total. The molecule has 3 aromatic rings. The first-order valence-corrected chi connectivity index (χ1v) is 7.34. The van der Waals surface area contributed by atoms with E-state index in [9.17, 15) is 4.79 Å². The Bertz CT molecular complexity index is 828. The van der Waals surface area contributed by atoms with Crippen LogP contribution in [0.5, 0.6) is 11.6 Å².